The fourth-order valence-corrected chi connectivity index (χ4v) is 6.06. The SMILES string of the molecule is CC1CCN(c2cc(C3CCC(N4CCN(C)CC4)CC3)ccc2NC(=O)c2nc(C#N)c[nH]2)CC1. The van der Waals surface area contributed by atoms with E-state index < -0.39 is 0 Å². The molecule has 5 rings (SSSR count). The molecular weight excluding hydrogens is 450 g/mol. The monoisotopic (exact) mass is 489 g/mol. The first-order valence-electron chi connectivity index (χ1n) is 13.6. The van der Waals surface area contributed by atoms with Crippen molar-refractivity contribution in [2.75, 3.05) is 56.5 Å². The number of benzene rings is 1. The van der Waals surface area contributed by atoms with Crippen LogP contribution in [-0.4, -0.2) is 78.0 Å². The molecule has 1 aliphatic carbocycles. The van der Waals surface area contributed by atoms with Crippen LogP contribution in [0.15, 0.2) is 24.4 Å². The summed E-state index contributed by atoms with van der Waals surface area (Å²) in [5, 5.41) is 12.1. The van der Waals surface area contributed by atoms with Crippen LogP contribution < -0.4 is 10.2 Å². The van der Waals surface area contributed by atoms with E-state index in [1.54, 1.807) is 0 Å². The van der Waals surface area contributed by atoms with Crippen molar-refractivity contribution in [3.8, 4) is 6.07 Å². The number of rotatable bonds is 5. The van der Waals surface area contributed by atoms with E-state index in [4.69, 9.17) is 5.26 Å². The predicted molar refractivity (Wildman–Crippen MR) is 142 cm³/mol. The van der Waals surface area contributed by atoms with Crippen LogP contribution in [0.3, 0.4) is 0 Å². The van der Waals surface area contributed by atoms with Gasteiger partial charge in [-0.3, -0.25) is 9.69 Å². The van der Waals surface area contributed by atoms with Crippen LogP contribution in [0.4, 0.5) is 11.4 Å². The highest BCUT2D eigenvalue weighted by Gasteiger charge is 2.29. The number of amides is 1. The Morgan fingerprint density at radius 1 is 1.06 bits per heavy atom. The second kappa shape index (κ2) is 11.0. The van der Waals surface area contributed by atoms with Gasteiger partial charge < -0.3 is 20.1 Å². The number of H-pyrrole nitrogens is 1. The van der Waals surface area contributed by atoms with Gasteiger partial charge in [0.2, 0.25) is 0 Å². The van der Waals surface area contributed by atoms with E-state index in [1.807, 2.05) is 6.07 Å². The summed E-state index contributed by atoms with van der Waals surface area (Å²) >= 11 is 0. The van der Waals surface area contributed by atoms with Gasteiger partial charge in [-0.25, -0.2) is 4.98 Å². The molecule has 3 heterocycles. The fraction of sp³-hybridized carbons (Fsp3) is 0.607. The number of carbonyl (C=O) groups is 1. The zero-order chi connectivity index (χ0) is 25.1. The van der Waals surface area contributed by atoms with E-state index in [1.165, 1.54) is 63.6 Å². The maximum atomic E-state index is 12.9. The third-order valence-electron chi connectivity index (χ3n) is 8.52. The van der Waals surface area contributed by atoms with Gasteiger partial charge in [-0.1, -0.05) is 13.0 Å². The number of carbonyl (C=O) groups excluding carboxylic acids is 1. The summed E-state index contributed by atoms with van der Waals surface area (Å²) in [6.45, 7) is 9.08. The Balaban J connectivity index is 1.31. The molecule has 2 saturated heterocycles. The molecule has 0 spiro atoms. The van der Waals surface area contributed by atoms with Crippen molar-refractivity contribution >= 4 is 17.3 Å². The molecule has 0 radical (unpaired) electrons. The van der Waals surface area contributed by atoms with Crippen LogP contribution >= 0.6 is 0 Å². The van der Waals surface area contributed by atoms with E-state index in [-0.39, 0.29) is 17.4 Å². The van der Waals surface area contributed by atoms with Gasteiger partial charge in [0.15, 0.2) is 11.5 Å². The predicted octanol–water partition coefficient (Wildman–Crippen LogP) is 4.04. The molecule has 3 fully saturated rings. The maximum absolute atomic E-state index is 12.9. The van der Waals surface area contributed by atoms with E-state index in [9.17, 15) is 4.79 Å². The number of aromatic amines is 1. The van der Waals surface area contributed by atoms with Gasteiger partial charge in [0.25, 0.3) is 5.91 Å². The molecular formula is C28H39N7O. The van der Waals surface area contributed by atoms with Crippen LogP contribution in [0.2, 0.25) is 0 Å². The van der Waals surface area contributed by atoms with Crippen LogP contribution in [0, 0.1) is 17.2 Å². The van der Waals surface area contributed by atoms with Crippen molar-refractivity contribution in [1.29, 1.82) is 5.26 Å². The van der Waals surface area contributed by atoms with Gasteiger partial charge in [0, 0.05) is 51.5 Å². The minimum atomic E-state index is -0.316. The zero-order valence-electron chi connectivity index (χ0n) is 21.7. The Kier molecular flexibility index (Phi) is 7.59. The second-order valence-corrected chi connectivity index (χ2v) is 11.0. The minimum absolute atomic E-state index is 0.163. The number of nitrogens with zero attached hydrogens (tertiary/aromatic N) is 5. The van der Waals surface area contributed by atoms with Crippen LogP contribution in [0.5, 0.6) is 0 Å². The number of imidazole rings is 1. The topological polar surface area (TPSA) is 91.3 Å². The Labute approximate surface area is 214 Å². The first-order chi connectivity index (χ1) is 17.5. The number of nitriles is 1. The summed E-state index contributed by atoms with van der Waals surface area (Å²) in [6.07, 6.45) is 8.77. The van der Waals surface area contributed by atoms with Crippen molar-refractivity contribution in [3.63, 3.8) is 0 Å². The molecule has 36 heavy (non-hydrogen) atoms. The maximum Gasteiger partial charge on any atom is 0.291 e. The first-order valence-corrected chi connectivity index (χ1v) is 13.6. The molecule has 2 N–H and O–H groups in total. The van der Waals surface area contributed by atoms with Gasteiger partial charge in [0.1, 0.15) is 6.07 Å². The molecule has 8 heteroatoms. The highest BCUT2D eigenvalue weighted by atomic mass is 16.2. The molecule has 1 amide bonds. The van der Waals surface area contributed by atoms with E-state index in [0.29, 0.717) is 5.92 Å². The standard InChI is InChI=1S/C28H39N7O/c1-20-9-11-35(12-10-20)26-17-22(5-8-25(26)32-28(36)27-30-19-23(18-29)31-27)21-3-6-24(7-4-21)34-15-13-33(2)14-16-34/h5,8,17,19-21,24H,3-4,6-7,9-16H2,1-2H3,(H,30,31)(H,32,36). The molecule has 3 aliphatic rings. The molecule has 0 unspecified atom stereocenters. The number of hydrogen-bond acceptors (Lipinski definition) is 6. The normalized spacial score (nSPS) is 24.4. The summed E-state index contributed by atoms with van der Waals surface area (Å²) < 4.78 is 0. The van der Waals surface area contributed by atoms with E-state index in [0.717, 1.165) is 49.3 Å². The lowest BCUT2D eigenvalue weighted by atomic mass is 9.80. The molecule has 0 atom stereocenters. The zero-order valence-corrected chi connectivity index (χ0v) is 21.7. The second-order valence-electron chi connectivity index (χ2n) is 11.0. The number of hydrogen-bond donors (Lipinski definition) is 2. The third-order valence-corrected chi connectivity index (χ3v) is 8.52. The first kappa shape index (κ1) is 24.8. The molecule has 2 aliphatic heterocycles. The number of nitrogens with one attached hydrogen (secondary N) is 2. The Hall–Kier alpha value is -2.89. The van der Waals surface area contributed by atoms with Crippen molar-refractivity contribution < 1.29 is 4.79 Å². The van der Waals surface area contributed by atoms with Gasteiger partial charge in [-0.05, 0) is 75.1 Å². The van der Waals surface area contributed by atoms with Gasteiger partial charge >= 0.3 is 0 Å². The van der Waals surface area contributed by atoms with Gasteiger partial charge in [0.05, 0.1) is 11.4 Å². The average Bonchev–Trinajstić information content (AvgIpc) is 3.40. The number of aromatic nitrogens is 2. The Bertz CT molecular complexity index is 1080. The lowest BCUT2D eigenvalue weighted by Gasteiger charge is -2.41. The van der Waals surface area contributed by atoms with Crippen LogP contribution in [0.25, 0.3) is 0 Å². The molecule has 1 aromatic heterocycles. The summed E-state index contributed by atoms with van der Waals surface area (Å²) in [6, 6.07) is 9.30. The van der Waals surface area contributed by atoms with E-state index >= 15 is 0 Å². The molecule has 1 aromatic carbocycles. The smallest absolute Gasteiger partial charge is 0.291 e. The molecule has 8 nitrogen and oxygen atoms in total. The molecule has 0 bridgehead atoms. The Morgan fingerprint density at radius 2 is 1.78 bits per heavy atom. The number of anilines is 2. The van der Waals surface area contributed by atoms with E-state index in [2.05, 4.69) is 62.2 Å². The van der Waals surface area contributed by atoms with Crippen LogP contribution in [0.1, 0.15) is 73.2 Å². The summed E-state index contributed by atoms with van der Waals surface area (Å²) in [5.74, 6) is 1.16. The Morgan fingerprint density at radius 3 is 2.44 bits per heavy atom. The largest absolute Gasteiger partial charge is 0.370 e. The van der Waals surface area contributed by atoms with Crippen molar-refractivity contribution in [2.45, 2.75) is 57.4 Å². The lowest BCUT2D eigenvalue weighted by molar-refractivity contribution is 0.0878. The van der Waals surface area contributed by atoms with Crippen molar-refractivity contribution in [1.82, 2.24) is 19.8 Å². The van der Waals surface area contributed by atoms with Crippen molar-refractivity contribution in [2.24, 2.45) is 5.92 Å². The third kappa shape index (κ3) is 5.58. The number of piperidine rings is 1. The summed E-state index contributed by atoms with van der Waals surface area (Å²) in [4.78, 5) is 27.3. The average molecular weight is 490 g/mol. The number of piperazine rings is 1. The molecule has 2 aromatic rings. The highest BCUT2D eigenvalue weighted by molar-refractivity contribution is 6.03. The van der Waals surface area contributed by atoms with Gasteiger partial charge in [-0.2, -0.15) is 5.26 Å². The quantitative estimate of drug-likeness (QED) is 0.659. The van der Waals surface area contributed by atoms with Crippen molar-refractivity contribution in [3.05, 3.63) is 41.5 Å². The molecule has 192 valence electrons. The lowest BCUT2D eigenvalue weighted by Crippen LogP contribution is -2.49. The fourth-order valence-electron chi connectivity index (χ4n) is 6.06. The summed E-state index contributed by atoms with van der Waals surface area (Å²) in [5.41, 5.74) is 3.54. The van der Waals surface area contributed by atoms with Gasteiger partial charge in [-0.15, -0.1) is 0 Å². The molecule has 1 saturated carbocycles. The van der Waals surface area contributed by atoms with Crippen LogP contribution in [-0.2, 0) is 0 Å². The minimum Gasteiger partial charge on any atom is -0.370 e. The highest BCUT2D eigenvalue weighted by Crippen LogP contribution is 2.39. The summed E-state index contributed by atoms with van der Waals surface area (Å²) in [7, 11) is 2.22. The number of likely N-dealkylation sites (N-methyl/N-ethyl adjacent to an activating group) is 1.